The van der Waals surface area contributed by atoms with Gasteiger partial charge in [-0.05, 0) is 19.4 Å². The van der Waals surface area contributed by atoms with E-state index in [0.29, 0.717) is 6.61 Å². The van der Waals surface area contributed by atoms with Gasteiger partial charge in [-0.15, -0.1) is 0 Å². The van der Waals surface area contributed by atoms with Crippen LogP contribution in [0.4, 0.5) is 0 Å². The van der Waals surface area contributed by atoms with Crippen molar-refractivity contribution >= 4 is 5.97 Å². The number of benzene rings is 1. The van der Waals surface area contributed by atoms with Gasteiger partial charge < -0.3 is 4.74 Å². The van der Waals surface area contributed by atoms with Crippen LogP contribution < -0.4 is 0 Å². The largest absolute Gasteiger partial charge is 0.465 e. The second kappa shape index (κ2) is 4.66. The molecule has 1 saturated heterocycles. The second-order valence-corrected chi connectivity index (χ2v) is 4.05. The molecule has 86 valence electrons. The van der Waals surface area contributed by atoms with Gasteiger partial charge >= 0.3 is 5.97 Å². The summed E-state index contributed by atoms with van der Waals surface area (Å²) in [6, 6.07) is 10.5. The topological polar surface area (TPSA) is 29.3 Å². The first-order valence-corrected chi connectivity index (χ1v) is 5.71. The molecule has 2 rings (SSSR count). The van der Waals surface area contributed by atoms with Crippen LogP contribution in [-0.2, 0) is 9.53 Å². The first-order chi connectivity index (χ1) is 7.74. The Balaban J connectivity index is 1.94. The van der Waals surface area contributed by atoms with Crippen molar-refractivity contribution in [3.05, 3.63) is 35.9 Å². The fourth-order valence-corrected chi connectivity index (χ4v) is 1.95. The fourth-order valence-electron chi connectivity index (χ4n) is 1.95. The molecule has 3 atom stereocenters. The molecule has 1 aromatic rings. The first kappa shape index (κ1) is 11.1. The summed E-state index contributed by atoms with van der Waals surface area (Å²) in [5.74, 6) is -0.0923. The Bertz CT molecular complexity index is 363. The van der Waals surface area contributed by atoms with E-state index in [1.54, 1.807) is 0 Å². The van der Waals surface area contributed by atoms with Gasteiger partial charge in [0.1, 0.15) is 6.04 Å². The van der Waals surface area contributed by atoms with Crippen molar-refractivity contribution in [3.63, 3.8) is 0 Å². The zero-order valence-electron chi connectivity index (χ0n) is 9.72. The Morgan fingerprint density at radius 3 is 2.81 bits per heavy atom. The Labute approximate surface area is 96.0 Å². The third kappa shape index (κ3) is 2.25. The summed E-state index contributed by atoms with van der Waals surface area (Å²) in [5, 5.41) is 0. The van der Waals surface area contributed by atoms with Crippen LogP contribution in [0.2, 0.25) is 0 Å². The molecule has 0 saturated carbocycles. The number of carbonyl (C=O) groups excluding carboxylic acids is 1. The molecular formula is C13H17NO2. The van der Waals surface area contributed by atoms with Gasteiger partial charge in [-0.3, -0.25) is 9.69 Å². The minimum Gasteiger partial charge on any atom is -0.465 e. The first-order valence-electron chi connectivity index (χ1n) is 5.71. The van der Waals surface area contributed by atoms with Gasteiger partial charge in [0.15, 0.2) is 0 Å². The van der Waals surface area contributed by atoms with E-state index in [4.69, 9.17) is 4.74 Å². The molecule has 0 spiro atoms. The minimum atomic E-state index is -0.0923. The third-order valence-electron chi connectivity index (χ3n) is 2.99. The zero-order valence-corrected chi connectivity index (χ0v) is 9.72. The number of hydrogen-bond acceptors (Lipinski definition) is 3. The number of hydrogen-bond donors (Lipinski definition) is 0. The van der Waals surface area contributed by atoms with Crippen LogP contribution in [0.5, 0.6) is 0 Å². The molecule has 0 aromatic heterocycles. The molecule has 0 aliphatic carbocycles. The van der Waals surface area contributed by atoms with Gasteiger partial charge in [0, 0.05) is 12.6 Å². The molecule has 3 heteroatoms. The summed E-state index contributed by atoms with van der Waals surface area (Å²) in [7, 11) is 0. The normalized spacial score (nSPS) is 24.9. The van der Waals surface area contributed by atoms with Crippen LogP contribution in [0.3, 0.4) is 0 Å². The molecule has 3 nitrogen and oxygen atoms in total. The Kier molecular flexibility index (Phi) is 3.25. The SMILES string of the molecule is CCOC(=O)[C@@H]1CN1[C@@H](C)c1ccccc1. The van der Waals surface area contributed by atoms with E-state index in [-0.39, 0.29) is 18.1 Å². The lowest BCUT2D eigenvalue weighted by atomic mass is 10.1. The Hall–Kier alpha value is -1.35. The molecule has 0 amide bonds. The molecule has 16 heavy (non-hydrogen) atoms. The van der Waals surface area contributed by atoms with E-state index in [0.717, 1.165) is 6.54 Å². The molecule has 0 radical (unpaired) electrons. The van der Waals surface area contributed by atoms with E-state index in [9.17, 15) is 4.79 Å². The number of nitrogens with zero attached hydrogens (tertiary/aromatic N) is 1. The lowest BCUT2D eigenvalue weighted by molar-refractivity contribution is -0.143. The quantitative estimate of drug-likeness (QED) is 0.573. The van der Waals surface area contributed by atoms with Crippen LogP contribution in [-0.4, -0.2) is 30.1 Å². The van der Waals surface area contributed by atoms with Crippen molar-refractivity contribution in [2.24, 2.45) is 0 Å². The predicted molar refractivity (Wildman–Crippen MR) is 62.0 cm³/mol. The monoisotopic (exact) mass is 219 g/mol. The van der Waals surface area contributed by atoms with E-state index in [1.165, 1.54) is 5.56 Å². The van der Waals surface area contributed by atoms with Gasteiger partial charge in [-0.2, -0.15) is 0 Å². The fraction of sp³-hybridized carbons (Fsp3) is 0.462. The number of ether oxygens (including phenoxy) is 1. The standard InChI is InChI=1S/C13H17NO2/c1-3-16-13(15)12-9-14(12)10(2)11-7-5-4-6-8-11/h4-8,10,12H,3,9H2,1-2H3/t10-,12-,14?/m0/s1. The molecular weight excluding hydrogens is 202 g/mol. The smallest absolute Gasteiger partial charge is 0.324 e. The van der Waals surface area contributed by atoms with Gasteiger partial charge in [-0.1, -0.05) is 30.3 Å². The number of carbonyl (C=O) groups is 1. The molecule has 0 bridgehead atoms. The molecule has 1 fully saturated rings. The molecule has 1 aliphatic heterocycles. The van der Waals surface area contributed by atoms with Crippen molar-refractivity contribution in [1.82, 2.24) is 4.90 Å². The minimum absolute atomic E-state index is 0.0323. The summed E-state index contributed by atoms with van der Waals surface area (Å²) in [4.78, 5) is 13.6. The average Bonchev–Trinajstić information content (AvgIpc) is 3.09. The maximum absolute atomic E-state index is 11.5. The van der Waals surface area contributed by atoms with Crippen molar-refractivity contribution in [3.8, 4) is 0 Å². The number of esters is 1. The molecule has 1 heterocycles. The van der Waals surface area contributed by atoms with Crippen molar-refractivity contribution in [2.75, 3.05) is 13.2 Å². The summed E-state index contributed by atoms with van der Waals surface area (Å²) in [5.41, 5.74) is 1.24. The van der Waals surface area contributed by atoms with Crippen LogP contribution in [0.25, 0.3) is 0 Å². The predicted octanol–water partition coefficient (Wildman–Crippen LogP) is 1.99. The maximum Gasteiger partial charge on any atom is 0.324 e. The van der Waals surface area contributed by atoms with E-state index >= 15 is 0 Å². The number of rotatable bonds is 4. The summed E-state index contributed by atoms with van der Waals surface area (Å²) >= 11 is 0. The average molecular weight is 219 g/mol. The highest BCUT2D eigenvalue weighted by Crippen LogP contribution is 2.32. The van der Waals surface area contributed by atoms with Gasteiger partial charge in [0.25, 0.3) is 0 Å². The van der Waals surface area contributed by atoms with Gasteiger partial charge in [0.2, 0.25) is 0 Å². The lowest BCUT2D eigenvalue weighted by Crippen LogP contribution is -2.18. The van der Waals surface area contributed by atoms with Crippen LogP contribution in [0.1, 0.15) is 25.5 Å². The molecule has 1 aromatic carbocycles. The van der Waals surface area contributed by atoms with Crippen LogP contribution in [0, 0.1) is 0 Å². The highest BCUT2D eigenvalue weighted by molar-refractivity contribution is 5.79. The molecule has 1 aliphatic rings. The van der Waals surface area contributed by atoms with E-state index in [2.05, 4.69) is 24.0 Å². The molecule has 0 N–H and O–H groups in total. The Morgan fingerprint density at radius 2 is 2.19 bits per heavy atom. The van der Waals surface area contributed by atoms with Gasteiger partial charge in [-0.25, -0.2) is 0 Å². The zero-order chi connectivity index (χ0) is 11.5. The lowest BCUT2D eigenvalue weighted by Gasteiger charge is -2.13. The highest BCUT2D eigenvalue weighted by atomic mass is 16.5. The van der Waals surface area contributed by atoms with Crippen LogP contribution in [0.15, 0.2) is 30.3 Å². The van der Waals surface area contributed by atoms with E-state index in [1.807, 2.05) is 25.1 Å². The van der Waals surface area contributed by atoms with Crippen molar-refractivity contribution in [1.29, 1.82) is 0 Å². The maximum atomic E-state index is 11.5. The summed E-state index contributed by atoms with van der Waals surface area (Å²) in [6.07, 6.45) is 0. The highest BCUT2D eigenvalue weighted by Gasteiger charge is 2.44. The second-order valence-electron chi connectivity index (χ2n) is 4.05. The van der Waals surface area contributed by atoms with Crippen molar-refractivity contribution < 1.29 is 9.53 Å². The van der Waals surface area contributed by atoms with Crippen LogP contribution >= 0.6 is 0 Å². The Morgan fingerprint density at radius 1 is 1.50 bits per heavy atom. The van der Waals surface area contributed by atoms with Gasteiger partial charge in [0.05, 0.1) is 6.61 Å². The molecule has 1 unspecified atom stereocenters. The summed E-state index contributed by atoms with van der Waals surface area (Å²) in [6.45, 7) is 5.23. The third-order valence-corrected chi connectivity index (χ3v) is 2.99. The summed E-state index contributed by atoms with van der Waals surface area (Å²) < 4.78 is 5.00. The van der Waals surface area contributed by atoms with E-state index < -0.39 is 0 Å². The van der Waals surface area contributed by atoms with Crippen molar-refractivity contribution in [2.45, 2.75) is 25.9 Å².